The van der Waals surface area contributed by atoms with Crippen LogP contribution in [-0.2, 0) is 39.7 Å². The summed E-state index contributed by atoms with van der Waals surface area (Å²) < 4.78 is 56.2. The molecule has 62 heavy (non-hydrogen) atoms. The highest BCUT2D eigenvalue weighted by atomic mass is 32.2. The van der Waals surface area contributed by atoms with Gasteiger partial charge in [-0.2, -0.15) is 8.42 Å². The van der Waals surface area contributed by atoms with Crippen molar-refractivity contribution in [2.75, 3.05) is 12.9 Å². The molecule has 4 atom stereocenters. The zero-order chi connectivity index (χ0) is 43.3. The molecule has 1 aromatic heterocycles. The van der Waals surface area contributed by atoms with Crippen LogP contribution in [0.5, 0.6) is 0 Å². The van der Waals surface area contributed by atoms with E-state index >= 15 is 0 Å². The van der Waals surface area contributed by atoms with Gasteiger partial charge in [0.25, 0.3) is 15.7 Å². The molecule has 0 unspecified atom stereocenters. The molecule has 0 bridgehead atoms. The zero-order valence-electron chi connectivity index (χ0n) is 34.6. The predicted molar refractivity (Wildman–Crippen MR) is 238 cm³/mol. The fourth-order valence-corrected chi connectivity index (χ4v) is 9.15. The van der Waals surface area contributed by atoms with E-state index in [4.69, 9.17) is 18.4 Å². The van der Waals surface area contributed by atoms with E-state index in [-0.39, 0.29) is 12.5 Å². The summed E-state index contributed by atoms with van der Waals surface area (Å²) in [6, 6.07) is 58.1. The van der Waals surface area contributed by atoms with Crippen molar-refractivity contribution in [3.8, 4) is 0 Å². The normalized spacial score (nSPS) is 18.2. The summed E-state index contributed by atoms with van der Waals surface area (Å²) in [6.07, 6.45) is -2.80. The Balaban J connectivity index is 1.35. The molecule has 0 spiro atoms. The van der Waals surface area contributed by atoms with Crippen molar-refractivity contribution in [2.45, 2.75) is 55.5 Å². The van der Waals surface area contributed by atoms with Gasteiger partial charge < -0.3 is 14.2 Å². The molecule has 1 aliphatic heterocycles. The second-order valence-electron chi connectivity index (χ2n) is 15.7. The van der Waals surface area contributed by atoms with E-state index < -0.39 is 57.1 Å². The van der Waals surface area contributed by atoms with Crippen molar-refractivity contribution in [1.82, 2.24) is 9.55 Å². The van der Waals surface area contributed by atoms with Crippen LogP contribution in [0.2, 0.25) is 0 Å². The minimum Gasteiger partial charge on any atom is -0.358 e. The fourth-order valence-electron chi connectivity index (χ4n) is 8.51. The third-order valence-electron chi connectivity index (χ3n) is 11.3. The first-order valence-electron chi connectivity index (χ1n) is 20.6. The van der Waals surface area contributed by atoms with Gasteiger partial charge in [-0.05, 0) is 39.3 Å². The van der Waals surface area contributed by atoms with Crippen molar-refractivity contribution in [1.29, 1.82) is 0 Å². The first kappa shape index (κ1) is 42.5. The summed E-state index contributed by atoms with van der Waals surface area (Å²) in [6.45, 7) is 3.45. The lowest BCUT2D eigenvalue weighted by Gasteiger charge is -2.40. The Bertz CT molecular complexity index is 2590. The van der Waals surface area contributed by atoms with Crippen molar-refractivity contribution in [3.05, 3.63) is 248 Å². The SMILES string of the molecule is CC(C)c1cn([C@@H]2O[C@H](COC(c3ccccc3)(c3ccccc3)c3ccccc3)[C@@H](OS(C)(=O)=O)[C@H]2OC(c2ccccc2)(c2ccccc2)c2ccccc2)c(=O)[nH]c1=O. The Morgan fingerprint density at radius 1 is 0.597 bits per heavy atom. The number of nitrogens with zero attached hydrogens (tertiary/aromatic N) is 1. The second-order valence-corrected chi connectivity index (χ2v) is 17.3. The number of rotatable bonds is 15. The highest BCUT2D eigenvalue weighted by Gasteiger charge is 2.55. The molecule has 6 aromatic carbocycles. The van der Waals surface area contributed by atoms with Crippen molar-refractivity contribution >= 4 is 10.1 Å². The predicted octanol–water partition coefficient (Wildman–Crippen LogP) is 8.29. The number of aromatic nitrogens is 2. The molecular formula is C51H48N2O8S. The Morgan fingerprint density at radius 2 is 0.968 bits per heavy atom. The minimum atomic E-state index is -4.24. The van der Waals surface area contributed by atoms with E-state index in [1.807, 2.05) is 196 Å². The number of H-pyrrole nitrogens is 1. The maximum atomic E-state index is 14.1. The summed E-state index contributed by atoms with van der Waals surface area (Å²) in [5.74, 6) is -0.283. The van der Waals surface area contributed by atoms with Crippen LogP contribution in [0.15, 0.2) is 198 Å². The summed E-state index contributed by atoms with van der Waals surface area (Å²) in [5, 5.41) is 0. The van der Waals surface area contributed by atoms with Gasteiger partial charge in [0, 0.05) is 11.8 Å². The lowest BCUT2D eigenvalue weighted by atomic mass is 9.79. The van der Waals surface area contributed by atoms with Crippen LogP contribution in [0.25, 0.3) is 0 Å². The van der Waals surface area contributed by atoms with E-state index in [1.165, 1.54) is 10.8 Å². The molecule has 316 valence electrons. The van der Waals surface area contributed by atoms with Crippen LogP contribution < -0.4 is 11.2 Å². The van der Waals surface area contributed by atoms with E-state index in [0.717, 1.165) is 39.6 Å². The first-order chi connectivity index (χ1) is 30.0. The molecule has 1 saturated heterocycles. The monoisotopic (exact) mass is 848 g/mol. The molecule has 0 radical (unpaired) electrons. The molecule has 2 heterocycles. The molecule has 0 amide bonds. The Labute approximate surface area is 361 Å². The van der Waals surface area contributed by atoms with Gasteiger partial charge in [-0.1, -0.05) is 196 Å². The van der Waals surface area contributed by atoms with Crippen molar-refractivity contribution in [2.24, 2.45) is 0 Å². The van der Waals surface area contributed by atoms with Crippen LogP contribution in [0, 0.1) is 0 Å². The van der Waals surface area contributed by atoms with Gasteiger partial charge in [0.2, 0.25) is 0 Å². The average molecular weight is 849 g/mol. The van der Waals surface area contributed by atoms with Crippen LogP contribution >= 0.6 is 0 Å². The quantitative estimate of drug-likeness (QED) is 0.0808. The number of benzene rings is 6. The molecule has 0 saturated carbocycles. The summed E-state index contributed by atoms with van der Waals surface area (Å²) >= 11 is 0. The maximum Gasteiger partial charge on any atom is 0.330 e. The average Bonchev–Trinajstić information content (AvgIpc) is 3.61. The standard InChI is InChI=1S/C51H48N2O8S/c1-36(2)43-34-53(49(55)52-47(43)54)48-46(60-51(40-28-16-7-17-29-40,41-30-18-8-19-31-41)42-32-20-9-21-33-42)45(61-62(3,56)57)44(59-48)35-58-50(37-22-10-4-11-23-37,38-24-12-5-13-25-38)39-26-14-6-15-27-39/h4-34,36,44-46,48H,35H2,1-3H3,(H,52,54,55)/t44-,45-,46-,48-/m1/s1. The van der Waals surface area contributed by atoms with Gasteiger partial charge in [-0.15, -0.1) is 0 Å². The maximum absolute atomic E-state index is 14.1. The number of aromatic amines is 1. The van der Waals surface area contributed by atoms with E-state index in [2.05, 4.69) is 4.98 Å². The van der Waals surface area contributed by atoms with Crippen LogP contribution in [0.3, 0.4) is 0 Å². The van der Waals surface area contributed by atoms with Crippen molar-refractivity contribution < 1.29 is 26.8 Å². The third kappa shape index (κ3) is 8.37. The highest BCUT2D eigenvalue weighted by Crippen LogP contribution is 2.47. The summed E-state index contributed by atoms with van der Waals surface area (Å²) in [7, 11) is -4.24. The van der Waals surface area contributed by atoms with E-state index in [9.17, 15) is 18.0 Å². The fraction of sp³-hybridized carbons (Fsp3) is 0.216. The topological polar surface area (TPSA) is 126 Å². The molecule has 0 aliphatic carbocycles. The summed E-state index contributed by atoms with van der Waals surface area (Å²) in [5.41, 5.74) is 0.994. The van der Waals surface area contributed by atoms with Gasteiger partial charge in [0.1, 0.15) is 29.5 Å². The molecule has 1 N–H and O–H groups in total. The Hall–Kier alpha value is -6.21. The number of nitrogens with one attached hydrogen (secondary N) is 1. The molecule has 1 aliphatic rings. The van der Waals surface area contributed by atoms with Gasteiger partial charge in [0.05, 0.1) is 12.9 Å². The number of ether oxygens (including phenoxy) is 3. The van der Waals surface area contributed by atoms with Gasteiger partial charge in [-0.3, -0.25) is 18.5 Å². The second kappa shape index (κ2) is 18.0. The van der Waals surface area contributed by atoms with E-state index in [0.29, 0.717) is 5.56 Å². The number of hydrogen-bond donors (Lipinski definition) is 1. The molecule has 8 rings (SSSR count). The van der Waals surface area contributed by atoms with Crippen LogP contribution in [0.1, 0.15) is 64.9 Å². The van der Waals surface area contributed by atoms with Gasteiger partial charge in [0.15, 0.2) is 6.23 Å². The van der Waals surface area contributed by atoms with E-state index in [1.54, 1.807) is 0 Å². The molecular weight excluding hydrogens is 801 g/mol. The Morgan fingerprint density at radius 3 is 1.32 bits per heavy atom. The van der Waals surface area contributed by atoms with Gasteiger partial charge >= 0.3 is 5.69 Å². The molecule has 11 heteroatoms. The largest absolute Gasteiger partial charge is 0.358 e. The van der Waals surface area contributed by atoms with Crippen molar-refractivity contribution in [3.63, 3.8) is 0 Å². The lowest BCUT2D eigenvalue weighted by molar-refractivity contribution is -0.123. The molecule has 7 aromatic rings. The first-order valence-corrected chi connectivity index (χ1v) is 22.4. The van der Waals surface area contributed by atoms with Crippen LogP contribution in [0.4, 0.5) is 0 Å². The van der Waals surface area contributed by atoms with Crippen LogP contribution in [-0.4, -0.2) is 49.1 Å². The molecule has 1 fully saturated rings. The minimum absolute atomic E-state index is 0.237. The Kier molecular flexibility index (Phi) is 12.3. The van der Waals surface area contributed by atoms with Gasteiger partial charge in [-0.25, -0.2) is 4.79 Å². The smallest absolute Gasteiger partial charge is 0.330 e. The number of hydrogen-bond acceptors (Lipinski definition) is 8. The zero-order valence-corrected chi connectivity index (χ0v) is 35.4. The third-order valence-corrected chi connectivity index (χ3v) is 11.9. The highest BCUT2D eigenvalue weighted by molar-refractivity contribution is 7.86. The lowest BCUT2D eigenvalue weighted by Crippen LogP contribution is -2.47. The summed E-state index contributed by atoms with van der Waals surface area (Å²) in [4.78, 5) is 29.7. The molecule has 10 nitrogen and oxygen atoms in total.